The number of carboxylic acid groups (broad SMARTS) is 1. The van der Waals surface area contributed by atoms with Crippen LogP contribution in [-0.2, 0) is 0 Å². The third-order valence-electron chi connectivity index (χ3n) is 2.47. The summed E-state index contributed by atoms with van der Waals surface area (Å²) in [4.78, 5) is 14.8. The molecule has 1 N–H and O–H groups in total. The fourth-order valence-corrected chi connectivity index (χ4v) is 1.89. The van der Waals surface area contributed by atoms with Crippen LogP contribution in [0, 0.1) is 6.92 Å². The number of carbonyl (C=O) groups is 1. The van der Waals surface area contributed by atoms with Gasteiger partial charge in [0.1, 0.15) is 0 Å². The van der Waals surface area contributed by atoms with Crippen molar-refractivity contribution in [3.8, 4) is 11.1 Å². The van der Waals surface area contributed by atoms with Gasteiger partial charge in [0.05, 0.1) is 0 Å². The Hall–Kier alpha value is -1.87. The van der Waals surface area contributed by atoms with Gasteiger partial charge < -0.3 is 5.11 Å². The predicted molar refractivity (Wildman–Crippen MR) is 66.4 cm³/mol. The second kappa shape index (κ2) is 4.55. The average Bonchev–Trinajstić information content (AvgIpc) is 2.29. The van der Waals surface area contributed by atoms with E-state index in [1.807, 2.05) is 18.2 Å². The molecule has 0 aliphatic heterocycles. The van der Waals surface area contributed by atoms with Gasteiger partial charge in [-0.15, -0.1) is 0 Å². The molecule has 0 amide bonds. The molecule has 2 aromatic rings. The van der Waals surface area contributed by atoms with Crippen LogP contribution < -0.4 is 0 Å². The zero-order chi connectivity index (χ0) is 12.4. The summed E-state index contributed by atoms with van der Waals surface area (Å²) in [6.45, 7) is 1.72. The summed E-state index contributed by atoms with van der Waals surface area (Å²) in [5.41, 5.74) is 2.36. The van der Waals surface area contributed by atoms with Gasteiger partial charge in [0.2, 0.25) is 0 Å². The summed E-state index contributed by atoms with van der Waals surface area (Å²) < 4.78 is 0. The number of carboxylic acids is 1. The van der Waals surface area contributed by atoms with Gasteiger partial charge in [-0.2, -0.15) is 0 Å². The summed E-state index contributed by atoms with van der Waals surface area (Å²) in [6.07, 6.45) is 1.53. The van der Waals surface area contributed by atoms with Crippen molar-refractivity contribution in [1.82, 2.24) is 4.98 Å². The number of aryl methyl sites for hydroxylation is 1. The van der Waals surface area contributed by atoms with E-state index in [2.05, 4.69) is 4.98 Å². The maximum Gasteiger partial charge on any atom is 0.354 e. The van der Waals surface area contributed by atoms with E-state index >= 15 is 0 Å². The fraction of sp³-hybridized carbons (Fsp3) is 0.0769. The monoisotopic (exact) mass is 247 g/mol. The molecule has 86 valence electrons. The number of hydrogen-bond donors (Lipinski definition) is 1. The number of benzene rings is 1. The fourth-order valence-electron chi connectivity index (χ4n) is 1.64. The lowest BCUT2D eigenvalue weighted by molar-refractivity contribution is 0.0689. The lowest BCUT2D eigenvalue weighted by atomic mass is 10.0. The Morgan fingerprint density at radius 3 is 2.65 bits per heavy atom. The lowest BCUT2D eigenvalue weighted by Gasteiger charge is -2.06. The van der Waals surface area contributed by atoms with Crippen LogP contribution in [0.4, 0.5) is 0 Å². The lowest BCUT2D eigenvalue weighted by Crippen LogP contribution is -2.03. The molecule has 4 heteroatoms. The zero-order valence-corrected chi connectivity index (χ0v) is 9.90. The molecule has 0 fully saturated rings. The van der Waals surface area contributed by atoms with Crippen LogP contribution in [0.2, 0.25) is 5.02 Å². The highest BCUT2D eigenvalue weighted by molar-refractivity contribution is 6.33. The molecule has 0 radical (unpaired) electrons. The summed E-state index contributed by atoms with van der Waals surface area (Å²) >= 11 is 6.07. The average molecular weight is 248 g/mol. The molecule has 0 spiro atoms. The molecule has 1 aromatic carbocycles. The Morgan fingerprint density at radius 1 is 1.35 bits per heavy atom. The quantitative estimate of drug-likeness (QED) is 0.885. The van der Waals surface area contributed by atoms with E-state index in [0.717, 1.165) is 11.1 Å². The highest BCUT2D eigenvalue weighted by Crippen LogP contribution is 2.27. The molecule has 0 atom stereocenters. The van der Waals surface area contributed by atoms with Gasteiger partial charge in [-0.25, -0.2) is 9.78 Å². The molecule has 2 rings (SSSR count). The Labute approximate surface area is 104 Å². The number of aromatic nitrogens is 1. The summed E-state index contributed by atoms with van der Waals surface area (Å²) in [7, 11) is 0. The van der Waals surface area contributed by atoms with E-state index in [4.69, 9.17) is 16.7 Å². The zero-order valence-electron chi connectivity index (χ0n) is 9.14. The van der Waals surface area contributed by atoms with Crippen molar-refractivity contribution in [2.24, 2.45) is 0 Å². The second-order valence-corrected chi connectivity index (χ2v) is 4.08. The van der Waals surface area contributed by atoms with Crippen molar-refractivity contribution < 1.29 is 9.90 Å². The number of halogens is 1. The van der Waals surface area contributed by atoms with Gasteiger partial charge in [0.15, 0.2) is 5.69 Å². The van der Waals surface area contributed by atoms with Gasteiger partial charge in [-0.3, -0.25) is 0 Å². The minimum Gasteiger partial charge on any atom is -0.477 e. The molecular formula is C13H10ClNO2. The summed E-state index contributed by atoms with van der Waals surface area (Å²) in [5, 5.41) is 9.52. The van der Waals surface area contributed by atoms with Gasteiger partial charge in [0, 0.05) is 22.3 Å². The molecule has 0 aliphatic rings. The number of nitrogens with zero attached hydrogens (tertiary/aromatic N) is 1. The maximum atomic E-state index is 10.8. The van der Waals surface area contributed by atoms with Crippen LogP contribution in [0.25, 0.3) is 11.1 Å². The molecule has 0 saturated heterocycles. The third kappa shape index (κ3) is 2.29. The van der Waals surface area contributed by atoms with Gasteiger partial charge in [-0.05, 0) is 24.6 Å². The highest BCUT2D eigenvalue weighted by atomic mass is 35.5. The van der Waals surface area contributed by atoms with Crippen molar-refractivity contribution in [3.05, 3.63) is 52.8 Å². The van der Waals surface area contributed by atoms with E-state index < -0.39 is 5.97 Å². The van der Waals surface area contributed by atoms with Gasteiger partial charge >= 0.3 is 5.97 Å². The highest BCUT2D eigenvalue weighted by Gasteiger charge is 2.10. The van der Waals surface area contributed by atoms with Crippen molar-refractivity contribution in [2.75, 3.05) is 0 Å². The van der Waals surface area contributed by atoms with Gasteiger partial charge in [0.25, 0.3) is 0 Å². The molecule has 1 heterocycles. The molecular weight excluding hydrogens is 238 g/mol. The first-order valence-corrected chi connectivity index (χ1v) is 5.42. The van der Waals surface area contributed by atoms with Crippen LogP contribution in [0.3, 0.4) is 0 Å². The predicted octanol–water partition coefficient (Wildman–Crippen LogP) is 3.41. The van der Waals surface area contributed by atoms with Crippen molar-refractivity contribution >= 4 is 17.6 Å². The minimum absolute atomic E-state index is 0.0702. The maximum absolute atomic E-state index is 10.8. The number of pyridine rings is 1. The summed E-state index contributed by atoms with van der Waals surface area (Å²) in [6, 6.07) is 9.16. The van der Waals surface area contributed by atoms with E-state index in [1.54, 1.807) is 19.1 Å². The first-order valence-electron chi connectivity index (χ1n) is 5.04. The first kappa shape index (κ1) is 11.6. The van der Waals surface area contributed by atoms with Crippen LogP contribution in [0.15, 0.2) is 36.5 Å². The topological polar surface area (TPSA) is 50.2 Å². The van der Waals surface area contributed by atoms with Crippen LogP contribution in [0.5, 0.6) is 0 Å². The van der Waals surface area contributed by atoms with E-state index in [-0.39, 0.29) is 5.69 Å². The normalized spacial score (nSPS) is 10.2. The van der Waals surface area contributed by atoms with E-state index in [9.17, 15) is 4.79 Å². The van der Waals surface area contributed by atoms with E-state index in [1.165, 1.54) is 6.20 Å². The number of rotatable bonds is 2. The van der Waals surface area contributed by atoms with Crippen LogP contribution in [0.1, 0.15) is 16.1 Å². The summed E-state index contributed by atoms with van der Waals surface area (Å²) in [5.74, 6) is -1.02. The molecule has 0 bridgehead atoms. The Kier molecular flexibility index (Phi) is 3.11. The Bertz CT molecular complexity index is 581. The molecule has 3 nitrogen and oxygen atoms in total. The van der Waals surface area contributed by atoms with Crippen LogP contribution in [-0.4, -0.2) is 16.1 Å². The smallest absolute Gasteiger partial charge is 0.354 e. The molecule has 17 heavy (non-hydrogen) atoms. The Balaban J connectivity index is 2.52. The third-order valence-corrected chi connectivity index (χ3v) is 2.80. The van der Waals surface area contributed by atoms with Crippen molar-refractivity contribution in [1.29, 1.82) is 0 Å². The van der Waals surface area contributed by atoms with E-state index in [0.29, 0.717) is 10.6 Å². The first-order chi connectivity index (χ1) is 8.09. The Morgan fingerprint density at radius 2 is 2.06 bits per heavy atom. The number of aromatic carboxylic acids is 1. The van der Waals surface area contributed by atoms with Crippen LogP contribution >= 0.6 is 11.6 Å². The molecule has 0 unspecified atom stereocenters. The van der Waals surface area contributed by atoms with Crippen molar-refractivity contribution in [2.45, 2.75) is 6.92 Å². The minimum atomic E-state index is -1.02. The molecule has 0 aliphatic carbocycles. The molecule has 1 aromatic heterocycles. The largest absolute Gasteiger partial charge is 0.477 e. The second-order valence-electron chi connectivity index (χ2n) is 3.67. The standard InChI is InChI=1S/C13H10ClNO2/c1-8-6-9(7-15-12(8)13(16)17)10-4-2-3-5-11(10)14/h2-7H,1H3,(H,16,17). The molecule has 0 saturated carbocycles. The van der Waals surface area contributed by atoms with Gasteiger partial charge in [-0.1, -0.05) is 29.8 Å². The number of hydrogen-bond acceptors (Lipinski definition) is 2. The SMILES string of the molecule is Cc1cc(-c2ccccc2Cl)cnc1C(=O)O. The van der Waals surface area contributed by atoms with Crippen molar-refractivity contribution in [3.63, 3.8) is 0 Å².